The maximum atomic E-state index is 12.3. The van der Waals surface area contributed by atoms with Crippen molar-refractivity contribution in [1.82, 2.24) is 5.43 Å². The topological polar surface area (TPSA) is 106 Å². The molecule has 33 heavy (non-hydrogen) atoms. The molecule has 2 N–H and O–H groups in total. The van der Waals surface area contributed by atoms with Gasteiger partial charge in [0.1, 0.15) is 11.5 Å². The number of hydrogen-bond acceptors (Lipinski definition) is 6. The number of halogens is 2. The van der Waals surface area contributed by atoms with Crippen molar-refractivity contribution in [1.29, 1.82) is 0 Å². The second-order valence-electron chi connectivity index (χ2n) is 6.44. The second kappa shape index (κ2) is 11.1. The number of carbonyl (C=O) groups is 3. The van der Waals surface area contributed by atoms with Crippen molar-refractivity contribution in [2.45, 2.75) is 0 Å². The number of hydrazone groups is 1. The van der Waals surface area contributed by atoms with Crippen LogP contribution in [0.15, 0.2) is 71.8 Å². The van der Waals surface area contributed by atoms with E-state index >= 15 is 0 Å². The Labute approximate surface area is 199 Å². The first-order valence-electron chi connectivity index (χ1n) is 9.42. The average Bonchev–Trinajstić information content (AvgIpc) is 2.79. The van der Waals surface area contributed by atoms with Gasteiger partial charge in [0.05, 0.1) is 29.6 Å². The summed E-state index contributed by atoms with van der Waals surface area (Å²) in [5.74, 6) is -1.91. The lowest BCUT2D eigenvalue weighted by Gasteiger charge is -2.08. The van der Waals surface area contributed by atoms with Gasteiger partial charge in [-0.3, -0.25) is 9.59 Å². The van der Waals surface area contributed by atoms with Crippen molar-refractivity contribution < 1.29 is 23.9 Å². The number of nitrogens with zero attached hydrogens (tertiary/aromatic N) is 1. The zero-order chi connectivity index (χ0) is 23.8. The van der Waals surface area contributed by atoms with Crippen LogP contribution < -0.4 is 20.2 Å². The molecular formula is C23H17Cl2N3O5. The predicted octanol–water partition coefficient (Wildman–Crippen LogP) is 4.31. The Balaban J connectivity index is 1.59. The molecule has 0 fully saturated rings. The summed E-state index contributed by atoms with van der Waals surface area (Å²) in [4.78, 5) is 36.4. The predicted molar refractivity (Wildman–Crippen MR) is 125 cm³/mol. The van der Waals surface area contributed by atoms with Gasteiger partial charge in [0.25, 0.3) is 0 Å². The third-order valence-corrected chi connectivity index (χ3v) is 4.71. The molecule has 10 heteroatoms. The smallest absolute Gasteiger partial charge is 0.345 e. The first kappa shape index (κ1) is 23.8. The molecule has 0 spiro atoms. The fraction of sp³-hybridized carbons (Fsp3) is 0.0435. The van der Waals surface area contributed by atoms with Crippen LogP contribution in [0.4, 0.5) is 5.69 Å². The average molecular weight is 486 g/mol. The standard InChI is InChI=1S/C23H17Cl2N3O5/c1-32-20-8-3-2-7-19(20)27-21(29)22(30)28-26-13-14-5-4-6-16(11-14)33-23(31)17-10-9-15(24)12-18(17)25/h2-13H,1H3,(H,27,29)(H,28,30)/b26-13-. The highest BCUT2D eigenvalue weighted by Gasteiger charge is 2.15. The molecule has 0 heterocycles. The molecule has 0 saturated heterocycles. The zero-order valence-electron chi connectivity index (χ0n) is 17.2. The van der Waals surface area contributed by atoms with E-state index in [9.17, 15) is 14.4 Å². The molecule has 2 amide bonds. The Bertz CT molecular complexity index is 1230. The van der Waals surface area contributed by atoms with Crippen LogP contribution in [0.25, 0.3) is 0 Å². The van der Waals surface area contributed by atoms with Crippen molar-refractivity contribution in [2.75, 3.05) is 12.4 Å². The Morgan fingerprint density at radius 3 is 2.48 bits per heavy atom. The zero-order valence-corrected chi connectivity index (χ0v) is 18.7. The summed E-state index contributed by atoms with van der Waals surface area (Å²) in [5.41, 5.74) is 3.14. The van der Waals surface area contributed by atoms with Crippen LogP contribution in [0.2, 0.25) is 10.0 Å². The number of benzene rings is 3. The molecule has 0 aromatic heterocycles. The maximum Gasteiger partial charge on any atom is 0.345 e. The van der Waals surface area contributed by atoms with E-state index in [1.807, 2.05) is 0 Å². The molecule has 3 aromatic carbocycles. The fourth-order valence-corrected chi connectivity index (χ4v) is 3.10. The van der Waals surface area contributed by atoms with Crippen LogP contribution in [0.3, 0.4) is 0 Å². The van der Waals surface area contributed by atoms with Gasteiger partial charge in [-0.1, -0.05) is 47.5 Å². The van der Waals surface area contributed by atoms with Gasteiger partial charge >= 0.3 is 17.8 Å². The van der Waals surface area contributed by atoms with Gasteiger partial charge in [-0.15, -0.1) is 0 Å². The number of ether oxygens (including phenoxy) is 2. The molecule has 8 nitrogen and oxygen atoms in total. The number of methoxy groups -OCH3 is 1. The highest BCUT2D eigenvalue weighted by molar-refractivity contribution is 6.39. The summed E-state index contributed by atoms with van der Waals surface area (Å²) in [5, 5.41) is 6.76. The van der Waals surface area contributed by atoms with Crippen molar-refractivity contribution >= 4 is 52.9 Å². The normalized spacial score (nSPS) is 10.5. The third kappa shape index (κ3) is 6.55. The number of carbonyl (C=O) groups excluding carboxylic acids is 3. The van der Waals surface area contributed by atoms with Crippen LogP contribution in [-0.2, 0) is 9.59 Å². The third-order valence-electron chi connectivity index (χ3n) is 4.16. The minimum Gasteiger partial charge on any atom is -0.495 e. The van der Waals surface area contributed by atoms with E-state index in [-0.39, 0.29) is 16.3 Å². The molecule has 168 valence electrons. The van der Waals surface area contributed by atoms with E-state index in [2.05, 4.69) is 15.8 Å². The van der Waals surface area contributed by atoms with Crippen LogP contribution in [0, 0.1) is 0 Å². The highest BCUT2D eigenvalue weighted by atomic mass is 35.5. The second-order valence-corrected chi connectivity index (χ2v) is 7.28. The summed E-state index contributed by atoms with van der Waals surface area (Å²) < 4.78 is 10.4. The number of esters is 1. The molecule has 0 atom stereocenters. The summed E-state index contributed by atoms with van der Waals surface area (Å²) in [6, 6.07) is 17.5. The van der Waals surface area contributed by atoms with Gasteiger partial charge in [0.2, 0.25) is 0 Å². The van der Waals surface area contributed by atoms with Crippen molar-refractivity contribution in [3.8, 4) is 11.5 Å². The Morgan fingerprint density at radius 1 is 0.939 bits per heavy atom. The summed E-state index contributed by atoms with van der Waals surface area (Å²) in [7, 11) is 1.45. The van der Waals surface area contributed by atoms with E-state index in [1.54, 1.807) is 42.5 Å². The van der Waals surface area contributed by atoms with Crippen LogP contribution in [0.5, 0.6) is 11.5 Å². The van der Waals surface area contributed by atoms with Crippen LogP contribution in [-0.4, -0.2) is 31.1 Å². The van der Waals surface area contributed by atoms with E-state index in [0.29, 0.717) is 22.0 Å². The summed E-state index contributed by atoms with van der Waals surface area (Å²) in [6.45, 7) is 0. The van der Waals surface area contributed by atoms with Gasteiger partial charge in [-0.2, -0.15) is 5.10 Å². The molecule has 3 aromatic rings. The first-order chi connectivity index (χ1) is 15.9. The minimum atomic E-state index is -0.975. The van der Waals surface area contributed by atoms with Gasteiger partial charge in [0.15, 0.2) is 0 Å². The lowest BCUT2D eigenvalue weighted by molar-refractivity contribution is -0.136. The highest BCUT2D eigenvalue weighted by Crippen LogP contribution is 2.24. The Hall–Kier alpha value is -3.88. The van der Waals surface area contributed by atoms with Gasteiger partial charge in [0, 0.05) is 5.02 Å². The molecule has 0 aliphatic carbocycles. The number of hydrogen-bond donors (Lipinski definition) is 2. The number of rotatable bonds is 6. The fourth-order valence-electron chi connectivity index (χ4n) is 2.62. The van der Waals surface area contributed by atoms with Crippen molar-refractivity contribution in [2.24, 2.45) is 5.10 Å². The minimum absolute atomic E-state index is 0.161. The lowest BCUT2D eigenvalue weighted by atomic mass is 10.2. The maximum absolute atomic E-state index is 12.3. The Kier molecular flexibility index (Phi) is 8.01. The van der Waals surface area contributed by atoms with Crippen molar-refractivity contribution in [3.63, 3.8) is 0 Å². The first-order valence-corrected chi connectivity index (χ1v) is 10.2. The van der Waals surface area contributed by atoms with Crippen molar-refractivity contribution in [3.05, 3.63) is 87.9 Å². The van der Waals surface area contributed by atoms with E-state index in [1.165, 1.54) is 37.6 Å². The lowest BCUT2D eigenvalue weighted by Crippen LogP contribution is -2.32. The van der Waals surface area contributed by atoms with E-state index in [4.69, 9.17) is 32.7 Å². The van der Waals surface area contributed by atoms with Gasteiger partial charge in [-0.25, -0.2) is 10.2 Å². The molecule has 3 rings (SSSR count). The number of anilines is 1. The van der Waals surface area contributed by atoms with Crippen LogP contribution in [0.1, 0.15) is 15.9 Å². The molecular weight excluding hydrogens is 469 g/mol. The molecule has 0 saturated carbocycles. The summed E-state index contributed by atoms with van der Waals surface area (Å²) in [6.07, 6.45) is 1.29. The number of amides is 2. The molecule has 0 bridgehead atoms. The molecule has 0 aliphatic rings. The SMILES string of the molecule is COc1ccccc1NC(=O)C(=O)N/N=C\c1cccc(OC(=O)c2ccc(Cl)cc2Cl)c1. The number of nitrogens with one attached hydrogen (secondary N) is 2. The Morgan fingerprint density at radius 2 is 1.73 bits per heavy atom. The molecule has 0 radical (unpaired) electrons. The number of para-hydroxylation sites is 2. The summed E-state index contributed by atoms with van der Waals surface area (Å²) >= 11 is 11.9. The quantitative estimate of drug-likeness (QED) is 0.178. The molecule has 0 aliphatic heterocycles. The molecule has 0 unspecified atom stereocenters. The monoisotopic (exact) mass is 485 g/mol. The van der Waals surface area contributed by atoms with Crippen LogP contribution >= 0.6 is 23.2 Å². The van der Waals surface area contributed by atoms with Gasteiger partial charge < -0.3 is 14.8 Å². The van der Waals surface area contributed by atoms with Gasteiger partial charge in [-0.05, 0) is 48.0 Å². The van der Waals surface area contributed by atoms with E-state index < -0.39 is 17.8 Å². The largest absolute Gasteiger partial charge is 0.495 e. The van der Waals surface area contributed by atoms with E-state index in [0.717, 1.165) is 0 Å².